The largest absolute Gasteiger partial charge is 0.486 e. The molecule has 9 nitrogen and oxygen atoms in total. The molecule has 2 aromatic carbocycles. The Hall–Kier alpha value is -4.42. The number of benzene rings is 2. The number of fused-ring (bicyclic) bond motifs is 1. The molecule has 0 spiro atoms. The van der Waals surface area contributed by atoms with E-state index in [1.807, 2.05) is 30.3 Å². The van der Waals surface area contributed by atoms with E-state index in [0.29, 0.717) is 22.8 Å². The Labute approximate surface area is 215 Å². The van der Waals surface area contributed by atoms with Crippen LogP contribution in [-0.2, 0) is 13.0 Å². The molecule has 0 aliphatic carbocycles. The van der Waals surface area contributed by atoms with E-state index in [1.54, 1.807) is 24.5 Å². The van der Waals surface area contributed by atoms with E-state index in [4.69, 9.17) is 10.5 Å². The zero-order valence-electron chi connectivity index (χ0n) is 20.6. The Morgan fingerprint density at radius 2 is 1.86 bits per heavy atom. The Morgan fingerprint density at radius 1 is 1.08 bits per heavy atom. The van der Waals surface area contributed by atoms with Crippen molar-refractivity contribution in [3.63, 3.8) is 0 Å². The lowest BCUT2D eigenvalue weighted by Gasteiger charge is -2.34. The van der Waals surface area contributed by atoms with Crippen LogP contribution < -0.4 is 15.4 Å². The molecule has 3 heterocycles. The lowest BCUT2D eigenvalue weighted by Crippen LogP contribution is -2.47. The topological polar surface area (TPSA) is 124 Å². The van der Waals surface area contributed by atoms with Crippen LogP contribution in [0.5, 0.6) is 5.75 Å². The zero-order valence-corrected chi connectivity index (χ0v) is 20.6. The molecule has 0 saturated carbocycles. The molecule has 3 N–H and O–H groups in total. The monoisotopic (exact) mass is 495 g/mol. The number of primary amides is 1. The molecule has 1 fully saturated rings. The summed E-state index contributed by atoms with van der Waals surface area (Å²) in [5.41, 5.74) is 9.65. The van der Waals surface area contributed by atoms with E-state index in [9.17, 15) is 10.1 Å². The Bertz CT molecular complexity index is 1420. The van der Waals surface area contributed by atoms with Gasteiger partial charge < -0.3 is 20.4 Å². The first-order valence-corrected chi connectivity index (χ1v) is 12.4. The highest BCUT2D eigenvalue weighted by atomic mass is 16.5. The lowest BCUT2D eigenvalue weighted by molar-refractivity contribution is 0.0998. The molecule has 188 valence electrons. The van der Waals surface area contributed by atoms with Gasteiger partial charge in [0.05, 0.1) is 24.0 Å². The lowest BCUT2D eigenvalue weighted by atomic mass is 10.1. The van der Waals surface area contributed by atoms with Crippen molar-refractivity contribution in [3.8, 4) is 11.8 Å². The number of anilines is 1. The van der Waals surface area contributed by atoms with Gasteiger partial charge in [-0.3, -0.25) is 9.69 Å². The number of nitriles is 1. The fourth-order valence-electron chi connectivity index (χ4n) is 4.71. The normalized spacial score (nSPS) is 14.0. The van der Waals surface area contributed by atoms with Crippen molar-refractivity contribution in [3.05, 3.63) is 83.3 Å². The minimum absolute atomic E-state index is 0.221. The minimum Gasteiger partial charge on any atom is -0.486 e. The van der Waals surface area contributed by atoms with Crippen LogP contribution in [0.2, 0.25) is 0 Å². The average molecular weight is 496 g/mol. The number of nitrogens with two attached hydrogens (primary N) is 1. The first-order valence-electron chi connectivity index (χ1n) is 12.4. The van der Waals surface area contributed by atoms with E-state index in [-0.39, 0.29) is 6.61 Å². The number of carbonyl (C=O) groups is 1. The Kier molecular flexibility index (Phi) is 7.28. The molecule has 1 amide bonds. The summed E-state index contributed by atoms with van der Waals surface area (Å²) in [7, 11) is 0. The van der Waals surface area contributed by atoms with Crippen LogP contribution in [0.4, 0.5) is 5.95 Å². The SMILES string of the molecule is N#Cc1ccc2[nH]cc(CCCN3CCN(c4ncc(OCc5ccccc5C(N)=O)cn4)CC3)c2c1. The van der Waals surface area contributed by atoms with Gasteiger partial charge >= 0.3 is 0 Å². The molecule has 1 aliphatic heterocycles. The summed E-state index contributed by atoms with van der Waals surface area (Å²) in [4.78, 5) is 28.5. The van der Waals surface area contributed by atoms with Gasteiger partial charge in [-0.05, 0) is 49.2 Å². The van der Waals surface area contributed by atoms with Gasteiger partial charge in [0, 0.05) is 54.4 Å². The van der Waals surface area contributed by atoms with E-state index >= 15 is 0 Å². The second kappa shape index (κ2) is 11.1. The molecule has 0 bridgehead atoms. The third-order valence-electron chi connectivity index (χ3n) is 6.76. The summed E-state index contributed by atoms with van der Waals surface area (Å²) in [5.74, 6) is 0.759. The Morgan fingerprint density at radius 3 is 2.62 bits per heavy atom. The highest BCUT2D eigenvalue weighted by Gasteiger charge is 2.19. The van der Waals surface area contributed by atoms with Crippen molar-refractivity contribution in [2.75, 3.05) is 37.6 Å². The summed E-state index contributed by atoms with van der Waals surface area (Å²) in [5, 5.41) is 10.3. The number of H-pyrrole nitrogens is 1. The van der Waals surface area contributed by atoms with Gasteiger partial charge in [-0.2, -0.15) is 5.26 Å². The third kappa shape index (κ3) is 5.71. The number of ether oxygens (including phenoxy) is 1. The molecule has 4 aromatic rings. The van der Waals surface area contributed by atoms with Crippen LogP contribution in [0.3, 0.4) is 0 Å². The minimum atomic E-state index is -0.475. The van der Waals surface area contributed by atoms with Gasteiger partial charge in [0.2, 0.25) is 11.9 Å². The van der Waals surface area contributed by atoms with Crippen molar-refractivity contribution in [2.24, 2.45) is 5.73 Å². The summed E-state index contributed by atoms with van der Waals surface area (Å²) >= 11 is 0. The van der Waals surface area contributed by atoms with Crippen molar-refractivity contribution < 1.29 is 9.53 Å². The number of piperazine rings is 1. The number of hydrogen-bond donors (Lipinski definition) is 2. The van der Waals surface area contributed by atoms with Crippen LogP contribution in [0.15, 0.2) is 61.1 Å². The molecule has 5 rings (SSSR count). The van der Waals surface area contributed by atoms with Crippen LogP contribution in [0.1, 0.15) is 33.5 Å². The molecule has 9 heteroatoms. The van der Waals surface area contributed by atoms with Crippen LogP contribution in [0, 0.1) is 11.3 Å². The molecular formula is C28H29N7O2. The molecule has 2 aromatic heterocycles. The highest BCUT2D eigenvalue weighted by Crippen LogP contribution is 2.22. The number of rotatable bonds is 9. The number of aryl methyl sites for hydroxylation is 1. The van der Waals surface area contributed by atoms with Gasteiger partial charge in [-0.1, -0.05) is 18.2 Å². The van der Waals surface area contributed by atoms with Crippen LogP contribution in [-0.4, -0.2) is 58.5 Å². The number of aromatic amines is 1. The highest BCUT2D eigenvalue weighted by molar-refractivity contribution is 5.94. The van der Waals surface area contributed by atoms with E-state index in [2.05, 4.69) is 37.0 Å². The van der Waals surface area contributed by atoms with Crippen molar-refractivity contribution in [1.29, 1.82) is 5.26 Å². The maximum atomic E-state index is 11.6. The zero-order chi connectivity index (χ0) is 25.6. The molecular weight excluding hydrogens is 466 g/mol. The van der Waals surface area contributed by atoms with E-state index in [1.165, 1.54) is 5.56 Å². The maximum absolute atomic E-state index is 11.6. The Balaban J connectivity index is 1.08. The smallest absolute Gasteiger partial charge is 0.249 e. The average Bonchev–Trinajstić information content (AvgIpc) is 3.34. The van der Waals surface area contributed by atoms with Gasteiger partial charge in [-0.25, -0.2) is 9.97 Å². The number of nitrogens with zero attached hydrogens (tertiary/aromatic N) is 5. The number of hydrogen-bond acceptors (Lipinski definition) is 7. The first kappa shape index (κ1) is 24.3. The van der Waals surface area contributed by atoms with Gasteiger partial charge in [-0.15, -0.1) is 0 Å². The molecule has 1 aliphatic rings. The fourth-order valence-corrected chi connectivity index (χ4v) is 4.71. The summed E-state index contributed by atoms with van der Waals surface area (Å²) in [6.07, 6.45) is 7.43. The van der Waals surface area contributed by atoms with Gasteiger partial charge in [0.1, 0.15) is 6.61 Å². The number of aromatic nitrogens is 3. The van der Waals surface area contributed by atoms with Crippen LogP contribution >= 0.6 is 0 Å². The second-order valence-electron chi connectivity index (χ2n) is 9.15. The van der Waals surface area contributed by atoms with E-state index < -0.39 is 5.91 Å². The first-order chi connectivity index (χ1) is 18.1. The fraction of sp³-hybridized carbons (Fsp3) is 0.286. The summed E-state index contributed by atoms with van der Waals surface area (Å²) in [6, 6.07) is 15.1. The standard InChI is InChI=1S/C28H29N7O2/c29-15-20-7-8-26-25(14-20)21(16-31-26)5-3-9-34-10-12-35(13-11-34)28-32-17-23(18-33-28)37-19-22-4-1-2-6-24(22)27(30)36/h1-2,4,6-8,14,16-18,31H,3,5,9-13,19H2,(H2,30,36). The molecule has 0 radical (unpaired) electrons. The quantitative estimate of drug-likeness (QED) is 0.365. The van der Waals surface area contributed by atoms with Crippen molar-refractivity contribution in [2.45, 2.75) is 19.4 Å². The molecule has 0 atom stereocenters. The number of nitrogens with one attached hydrogen (secondary N) is 1. The number of carbonyl (C=O) groups excluding carboxylic acids is 1. The van der Waals surface area contributed by atoms with Gasteiger partial charge in [0.15, 0.2) is 5.75 Å². The van der Waals surface area contributed by atoms with Crippen molar-refractivity contribution >= 4 is 22.8 Å². The van der Waals surface area contributed by atoms with Crippen molar-refractivity contribution in [1.82, 2.24) is 19.9 Å². The predicted octanol–water partition coefficient (Wildman–Crippen LogP) is 3.26. The maximum Gasteiger partial charge on any atom is 0.249 e. The summed E-state index contributed by atoms with van der Waals surface area (Å²) < 4.78 is 5.78. The molecule has 1 saturated heterocycles. The number of amides is 1. The van der Waals surface area contributed by atoms with Gasteiger partial charge in [0.25, 0.3) is 0 Å². The molecule has 37 heavy (non-hydrogen) atoms. The second-order valence-corrected chi connectivity index (χ2v) is 9.15. The van der Waals surface area contributed by atoms with Crippen LogP contribution in [0.25, 0.3) is 10.9 Å². The summed E-state index contributed by atoms with van der Waals surface area (Å²) in [6.45, 7) is 4.89. The predicted molar refractivity (Wildman–Crippen MR) is 141 cm³/mol. The molecule has 0 unspecified atom stereocenters. The third-order valence-corrected chi connectivity index (χ3v) is 6.76. The van der Waals surface area contributed by atoms with E-state index in [0.717, 1.165) is 62.0 Å².